The van der Waals surface area contributed by atoms with Crippen molar-refractivity contribution >= 4 is 17.0 Å². The fraction of sp³-hybridized carbons (Fsp3) is 0.250. The van der Waals surface area contributed by atoms with Crippen molar-refractivity contribution in [3.8, 4) is 0 Å². The Kier molecular flexibility index (Phi) is 4.43. The number of nitro groups is 1. The molecular weight excluding hydrogens is 266 g/mol. The minimum absolute atomic E-state index is 0.0736. The van der Waals surface area contributed by atoms with E-state index in [4.69, 9.17) is 0 Å². The summed E-state index contributed by atoms with van der Waals surface area (Å²) in [5.74, 6) is 0. The van der Waals surface area contributed by atoms with Gasteiger partial charge in [-0.1, -0.05) is 29.5 Å². The molecule has 0 spiro atoms. The Bertz CT molecular complexity index is 620. The molecule has 0 bridgehead atoms. The number of H-pyrrole nitrogens is 1. The van der Waals surface area contributed by atoms with Crippen molar-refractivity contribution in [1.82, 2.24) is 10.3 Å². The van der Waals surface area contributed by atoms with Gasteiger partial charge in [-0.3, -0.25) is 14.9 Å². The van der Waals surface area contributed by atoms with E-state index < -0.39 is 0 Å². The van der Waals surface area contributed by atoms with E-state index in [9.17, 15) is 14.9 Å². The topological polar surface area (TPSA) is 88.0 Å². The molecule has 0 aliphatic carbocycles. The van der Waals surface area contributed by atoms with E-state index in [1.165, 1.54) is 6.07 Å². The third-order valence-corrected chi connectivity index (χ3v) is 3.36. The van der Waals surface area contributed by atoms with Gasteiger partial charge in [0.05, 0.1) is 4.92 Å². The van der Waals surface area contributed by atoms with E-state index in [0.717, 1.165) is 17.0 Å². The zero-order valence-corrected chi connectivity index (χ0v) is 10.9. The Balaban J connectivity index is 1.86. The number of benzene rings is 1. The number of aromatic nitrogens is 1. The van der Waals surface area contributed by atoms with Crippen LogP contribution in [0.1, 0.15) is 11.3 Å². The lowest BCUT2D eigenvalue weighted by molar-refractivity contribution is -0.385. The second-order valence-corrected chi connectivity index (χ2v) is 4.83. The first-order valence-electron chi connectivity index (χ1n) is 5.76. The Morgan fingerprint density at radius 1 is 1.37 bits per heavy atom. The molecule has 0 radical (unpaired) electrons. The molecule has 1 heterocycles. The second-order valence-electron chi connectivity index (χ2n) is 3.99. The van der Waals surface area contributed by atoms with Crippen molar-refractivity contribution in [3.63, 3.8) is 0 Å². The predicted octanol–water partition coefficient (Wildman–Crippen LogP) is 1.68. The number of nitrogens with one attached hydrogen (secondary N) is 2. The molecule has 2 rings (SSSR count). The van der Waals surface area contributed by atoms with Crippen molar-refractivity contribution in [1.29, 1.82) is 0 Å². The molecule has 0 unspecified atom stereocenters. The van der Waals surface area contributed by atoms with Gasteiger partial charge in [0.25, 0.3) is 5.69 Å². The highest BCUT2D eigenvalue weighted by molar-refractivity contribution is 7.07. The maximum Gasteiger partial charge on any atom is 0.304 e. The molecule has 0 saturated heterocycles. The van der Waals surface area contributed by atoms with Crippen LogP contribution in [-0.4, -0.2) is 16.5 Å². The van der Waals surface area contributed by atoms with Crippen LogP contribution < -0.4 is 10.2 Å². The molecule has 1 aromatic carbocycles. The standard InChI is InChI=1S/C12H13N3O3S/c16-12-14-10(8-19-12)7-13-6-5-9-3-1-2-4-11(9)15(17)18/h1-4,8,13H,5-7H2,(H,14,16). The molecule has 100 valence electrons. The van der Waals surface area contributed by atoms with Crippen LogP contribution >= 0.6 is 11.3 Å². The molecule has 2 N–H and O–H groups in total. The zero-order chi connectivity index (χ0) is 13.7. The summed E-state index contributed by atoms with van der Waals surface area (Å²) in [5.41, 5.74) is 1.68. The van der Waals surface area contributed by atoms with Gasteiger partial charge in [0.15, 0.2) is 0 Å². The van der Waals surface area contributed by atoms with Crippen LogP contribution in [0.3, 0.4) is 0 Å². The predicted molar refractivity (Wildman–Crippen MR) is 73.4 cm³/mol. The van der Waals surface area contributed by atoms with E-state index in [0.29, 0.717) is 25.1 Å². The number of hydrogen-bond acceptors (Lipinski definition) is 5. The molecule has 0 saturated carbocycles. The van der Waals surface area contributed by atoms with Crippen molar-refractivity contribution in [2.24, 2.45) is 0 Å². The van der Waals surface area contributed by atoms with Crippen LogP contribution in [0.25, 0.3) is 0 Å². The van der Waals surface area contributed by atoms with Gasteiger partial charge in [-0.15, -0.1) is 0 Å². The highest BCUT2D eigenvalue weighted by Crippen LogP contribution is 2.17. The van der Waals surface area contributed by atoms with Gasteiger partial charge in [0.1, 0.15) is 0 Å². The smallest absolute Gasteiger partial charge is 0.304 e. The van der Waals surface area contributed by atoms with Gasteiger partial charge in [-0.2, -0.15) is 0 Å². The fourth-order valence-corrected chi connectivity index (χ4v) is 2.33. The summed E-state index contributed by atoms with van der Waals surface area (Å²) in [4.78, 5) is 24.0. The summed E-state index contributed by atoms with van der Waals surface area (Å²) in [5, 5.41) is 15.7. The van der Waals surface area contributed by atoms with E-state index in [1.807, 2.05) is 0 Å². The highest BCUT2D eigenvalue weighted by Gasteiger charge is 2.11. The SMILES string of the molecule is O=c1[nH]c(CNCCc2ccccc2[N+](=O)[O-])cs1. The van der Waals surface area contributed by atoms with E-state index >= 15 is 0 Å². The summed E-state index contributed by atoms with van der Waals surface area (Å²) in [6.45, 7) is 1.17. The summed E-state index contributed by atoms with van der Waals surface area (Å²) in [7, 11) is 0. The summed E-state index contributed by atoms with van der Waals surface area (Å²) in [6.07, 6.45) is 0.575. The number of aromatic amines is 1. The number of nitro benzene ring substituents is 1. The summed E-state index contributed by atoms with van der Waals surface area (Å²) in [6, 6.07) is 6.71. The first kappa shape index (κ1) is 13.4. The van der Waals surface area contributed by atoms with Gasteiger partial charge < -0.3 is 10.3 Å². The molecule has 19 heavy (non-hydrogen) atoms. The minimum atomic E-state index is -0.369. The van der Waals surface area contributed by atoms with Crippen LogP contribution in [0.2, 0.25) is 0 Å². The summed E-state index contributed by atoms with van der Waals surface area (Å²) >= 11 is 1.12. The second kappa shape index (κ2) is 6.26. The van der Waals surface area contributed by atoms with Crippen molar-refractivity contribution in [2.45, 2.75) is 13.0 Å². The van der Waals surface area contributed by atoms with Crippen molar-refractivity contribution in [3.05, 3.63) is 60.7 Å². The van der Waals surface area contributed by atoms with Gasteiger partial charge in [0, 0.05) is 29.2 Å². The molecule has 7 heteroatoms. The van der Waals surface area contributed by atoms with Crippen LogP contribution in [0, 0.1) is 10.1 Å². The Hall–Kier alpha value is -1.99. The fourth-order valence-electron chi connectivity index (χ4n) is 1.75. The molecular formula is C12H13N3O3S. The summed E-state index contributed by atoms with van der Waals surface area (Å²) < 4.78 is 0. The van der Waals surface area contributed by atoms with Gasteiger partial charge in [0.2, 0.25) is 0 Å². The maximum absolute atomic E-state index is 10.9. The quantitative estimate of drug-likeness (QED) is 0.478. The molecule has 1 aromatic heterocycles. The largest absolute Gasteiger partial charge is 0.315 e. The third-order valence-electron chi connectivity index (χ3n) is 2.65. The van der Waals surface area contributed by atoms with Crippen molar-refractivity contribution < 1.29 is 4.92 Å². The van der Waals surface area contributed by atoms with Crippen LogP contribution in [0.4, 0.5) is 5.69 Å². The third kappa shape index (κ3) is 3.73. The van der Waals surface area contributed by atoms with Gasteiger partial charge in [-0.05, 0) is 13.0 Å². The normalized spacial score (nSPS) is 10.5. The van der Waals surface area contributed by atoms with Gasteiger partial charge in [-0.25, -0.2) is 0 Å². The Labute approximate surface area is 113 Å². The first-order chi connectivity index (χ1) is 9.16. The Morgan fingerprint density at radius 3 is 2.84 bits per heavy atom. The average Bonchev–Trinajstić information content (AvgIpc) is 2.81. The molecule has 0 aliphatic rings. The van der Waals surface area contributed by atoms with E-state index in [-0.39, 0.29) is 15.5 Å². The van der Waals surface area contributed by atoms with E-state index in [1.54, 1.807) is 23.6 Å². The van der Waals surface area contributed by atoms with Crippen LogP contribution in [0.15, 0.2) is 34.4 Å². The zero-order valence-electron chi connectivity index (χ0n) is 10.1. The highest BCUT2D eigenvalue weighted by atomic mass is 32.1. The van der Waals surface area contributed by atoms with Crippen LogP contribution in [-0.2, 0) is 13.0 Å². The molecule has 0 atom stereocenters. The van der Waals surface area contributed by atoms with E-state index in [2.05, 4.69) is 10.3 Å². The molecule has 2 aromatic rings. The Morgan fingerprint density at radius 2 is 2.16 bits per heavy atom. The lowest BCUT2D eigenvalue weighted by atomic mass is 10.1. The lowest BCUT2D eigenvalue weighted by Crippen LogP contribution is -2.17. The minimum Gasteiger partial charge on any atom is -0.315 e. The number of para-hydroxylation sites is 1. The monoisotopic (exact) mass is 279 g/mol. The number of nitrogens with zero attached hydrogens (tertiary/aromatic N) is 1. The first-order valence-corrected chi connectivity index (χ1v) is 6.64. The number of thiazole rings is 1. The molecule has 0 fully saturated rings. The maximum atomic E-state index is 10.9. The molecule has 0 aliphatic heterocycles. The van der Waals surface area contributed by atoms with Crippen molar-refractivity contribution in [2.75, 3.05) is 6.54 Å². The average molecular weight is 279 g/mol. The number of rotatable bonds is 6. The lowest BCUT2D eigenvalue weighted by Gasteiger charge is -2.04. The molecule has 0 amide bonds. The number of hydrogen-bond donors (Lipinski definition) is 2. The molecule has 6 nitrogen and oxygen atoms in total. The van der Waals surface area contributed by atoms with Crippen LogP contribution in [0.5, 0.6) is 0 Å². The van der Waals surface area contributed by atoms with Gasteiger partial charge >= 0.3 is 4.87 Å².